The number of pyridine rings is 1. The average Bonchev–Trinajstić information content (AvgIpc) is 2.42. The fourth-order valence-electron chi connectivity index (χ4n) is 1.85. The lowest BCUT2D eigenvalue weighted by atomic mass is 10.1. The lowest BCUT2D eigenvalue weighted by Gasteiger charge is -2.08. The number of nitrogen functional groups attached to an aromatic ring is 1. The van der Waals surface area contributed by atoms with Crippen LogP contribution in [0.25, 0.3) is 0 Å². The Bertz CT molecular complexity index is 656. The molecule has 1 heterocycles. The van der Waals surface area contributed by atoms with Gasteiger partial charge in [-0.05, 0) is 49.2 Å². The summed E-state index contributed by atoms with van der Waals surface area (Å²) in [6.07, 6.45) is 0.739. The lowest BCUT2D eigenvalue weighted by Crippen LogP contribution is -2.13. The van der Waals surface area contributed by atoms with Crippen molar-refractivity contribution < 1.29 is 4.79 Å². The molecule has 0 bridgehead atoms. The fourth-order valence-corrected chi connectivity index (χ4v) is 2.10. The van der Waals surface area contributed by atoms with Crippen LogP contribution in [-0.2, 0) is 6.42 Å². The molecule has 0 unspecified atom stereocenters. The van der Waals surface area contributed by atoms with Gasteiger partial charge in [-0.1, -0.05) is 22.9 Å². The van der Waals surface area contributed by atoms with Crippen LogP contribution in [0.2, 0.25) is 0 Å². The minimum Gasteiger partial charge on any atom is -0.384 e. The molecule has 0 saturated heterocycles. The van der Waals surface area contributed by atoms with Crippen molar-refractivity contribution in [3.8, 4) is 0 Å². The van der Waals surface area contributed by atoms with Gasteiger partial charge in [-0.15, -0.1) is 0 Å². The third kappa shape index (κ3) is 3.36. The number of aryl methyl sites for hydroxylation is 2. The van der Waals surface area contributed by atoms with Gasteiger partial charge >= 0.3 is 0 Å². The number of nitrogens with one attached hydrogen (secondary N) is 1. The molecule has 5 heteroatoms. The van der Waals surface area contributed by atoms with E-state index in [1.54, 1.807) is 12.1 Å². The lowest BCUT2D eigenvalue weighted by molar-refractivity contribution is 0.102. The molecular weight excluding hydrogens is 318 g/mol. The highest BCUT2D eigenvalue weighted by molar-refractivity contribution is 9.10. The summed E-state index contributed by atoms with van der Waals surface area (Å²) in [7, 11) is 0. The Balaban J connectivity index is 2.23. The van der Waals surface area contributed by atoms with Crippen LogP contribution in [-0.4, -0.2) is 10.9 Å². The van der Waals surface area contributed by atoms with Gasteiger partial charge in [-0.25, -0.2) is 4.98 Å². The van der Waals surface area contributed by atoms with Gasteiger partial charge in [0.25, 0.3) is 5.91 Å². The van der Waals surface area contributed by atoms with E-state index < -0.39 is 0 Å². The normalized spacial score (nSPS) is 10.3. The predicted molar refractivity (Wildman–Crippen MR) is 84.9 cm³/mol. The minimum absolute atomic E-state index is 0.185. The van der Waals surface area contributed by atoms with Gasteiger partial charge in [-0.2, -0.15) is 0 Å². The third-order valence-electron chi connectivity index (χ3n) is 2.94. The molecule has 1 amide bonds. The third-order valence-corrected chi connectivity index (χ3v) is 3.83. The summed E-state index contributed by atoms with van der Waals surface area (Å²) in [4.78, 5) is 16.4. The van der Waals surface area contributed by atoms with Gasteiger partial charge in [0.1, 0.15) is 5.82 Å². The van der Waals surface area contributed by atoms with E-state index in [2.05, 4.69) is 26.2 Å². The molecule has 0 aliphatic heterocycles. The van der Waals surface area contributed by atoms with Crippen LogP contribution in [0.5, 0.6) is 0 Å². The molecule has 1 aromatic carbocycles. The largest absolute Gasteiger partial charge is 0.384 e. The Kier molecular flexibility index (Phi) is 4.39. The molecule has 3 N–H and O–H groups in total. The second-order valence-electron chi connectivity index (χ2n) is 4.54. The maximum absolute atomic E-state index is 12.2. The number of aromatic nitrogens is 1. The Morgan fingerprint density at radius 1 is 1.35 bits per heavy atom. The van der Waals surface area contributed by atoms with Crippen LogP contribution in [0, 0.1) is 6.92 Å². The van der Waals surface area contributed by atoms with Gasteiger partial charge in [0, 0.05) is 21.4 Å². The monoisotopic (exact) mass is 333 g/mol. The molecule has 2 aromatic rings. The summed E-state index contributed by atoms with van der Waals surface area (Å²) < 4.78 is 1.01. The summed E-state index contributed by atoms with van der Waals surface area (Å²) in [5, 5.41) is 2.86. The molecule has 2 rings (SSSR count). The molecule has 20 heavy (non-hydrogen) atoms. The van der Waals surface area contributed by atoms with Crippen molar-refractivity contribution in [1.29, 1.82) is 0 Å². The molecule has 0 spiro atoms. The minimum atomic E-state index is -0.185. The van der Waals surface area contributed by atoms with E-state index >= 15 is 0 Å². The van der Waals surface area contributed by atoms with Crippen molar-refractivity contribution in [3.05, 3.63) is 51.6 Å². The molecule has 0 aliphatic carbocycles. The quantitative estimate of drug-likeness (QED) is 0.902. The van der Waals surface area contributed by atoms with Crippen molar-refractivity contribution >= 4 is 33.3 Å². The van der Waals surface area contributed by atoms with E-state index in [9.17, 15) is 4.79 Å². The van der Waals surface area contributed by atoms with Crippen LogP contribution in [0.4, 0.5) is 11.5 Å². The number of nitrogens with zero attached hydrogens (tertiary/aromatic N) is 1. The molecule has 0 saturated carbocycles. The first-order chi connectivity index (χ1) is 9.49. The van der Waals surface area contributed by atoms with Crippen LogP contribution in [0.1, 0.15) is 28.5 Å². The number of anilines is 2. The zero-order chi connectivity index (χ0) is 14.7. The molecule has 0 aliphatic rings. The van der Waals surface area contributed by atoms with Gasteiger partial charge < -0.3 is 11.1 Å². The number of amides is 1. The van der Waals surface area contributed by atoms with E-state index in [0.29, 0.717) is 11.4 Å². The van der Waals surface area contributed by atoms with Crippen LogP contribution in [0.15, 0.2) is 34.8 Å². The number of carbonyl (C=O) groups is 1. The molecule has 4 nitrogen and oxygen atoms in total. The Labute approximate surface area is 126 Å². The first-order valence-corrected chi connectivity index (χ1v) is 7.13. The van der Waals surface area contributed by atoms with Gasteiger partial charge in [-0.3, -0.25) is 4.79 Å². The Morgan fingerprint density at radius 2 is 2.10 bits per heavy atom. The first kappa shape index (κ1) is 14.5. The van der Waals surface area contributed by atoms with Crippen molar-refractivity contribution in [3.63, 3.8) is 0 Å². The van der Waals surface area contributed by atoms with Gasteiger partial charge in [0.05, 0.1) is 0 Å². The van der Waals surface area contributed by atoms with Gasteiger partial charge in [0.2, 0.25) is 0 Å². The Morgan fingerprint density at radius 3 is 2.75 bits per heavy atom. The van der Waals surface area contributed by atoms with Crippen molar-refractivity contribution in [2.75, 3.05) is 11.1 Å². The first-order valence-electron chi connectivity index (χ1n) is 6.33. The highest BCUT2D eigenvalue weighted by Crippen LogP contribution is 2.20. The highest BCUT2D eigenvalue weighted by Gasteiger charge is 2.09. The van der Waals surface area contributed by atoms with E-state index in [1.165, 1.54) is 0 Å². The number of halogens is 1. The maximum Gasteiger partial charge on any atom is 0.255 e. The summed E-state index contributed by atoms with van der Waals surface area (Å²) in [6, 6.07) is 9.01. The van der Waals surface area contributed by atoms with Crippen LogP contribution >= 0.6 is 15.9 Å². The molecular formula is C15H16BrN3O. The molecule has 0 atom stereocenters. The van der Waals surface area contributed by atoms with Crippen LogP contribution < -0.4 is 11.1 Å². The predicted octanol–water partition coefficient (Wildman–Crippen LogP) is 3.55. The molecule has 0 radical (unpaired) electrons. The average molecular weight is 334 g/mol. The molecule has 1 aromatic heterocycles. The highest BCUT2D eigenvalue weighted by atomic mass is 79.9. The summed E-state index contributed by atoms with van der Waals surface area (Å²) in [6.45, 7) is 3.95. The second kappa shape index (κ2) is 6.05. The Hall–Kier alpha value is -1.88. The van der Waals surface area contributed by atoms with Gasteiger partial charge in [0.15, 0.2) is 0 Å². The zero-order valence-corrected chi connectivity index (χ0v) is 13.0. The SMILES string of the molecule is CCc1cc(C(=O)Nc2ccc(Br)c(C)c2)cc(N)n1. The second-order valence-corrected chi connectivity index (χ2v) is 5.40. The van der Waals surface area contributed by atoms with Crippen molar-refractivity contribution in [1.82, 2.24) is 4.98 Å². The number of hydrogen-bond acceptors (Lipinski definition) is 3. The smallest absolute Gasteiger partial charge is 0.255 e. The molecule has 104 valence electrons. The summed E-state index contributed by atoms with van der Waals surface area (Å²) >= 11 is 3.43. The van der Waals surface area contributed by atoms with Crippen LogP contribution in [0.3, 0.4) is 0 Å². The zero-order valence-electron chi connectivity index (χ0n) is 11.4. The van der Waals surface area contributed by atoms with E-state index in [0.717, 1.165) is 27.8 Å². The fraction of sp³-hybridized carbons (Fsp3) is 0.200. The van der Waals surface area contributed by atoms with Crippen molar-refractivity contribution in [2.45, 2.75) is 20.3 Å². The number of rotatable bonds is 3. The standard InChI is InChI=1S/C15H16BrN3O/c1-3-11-7-10(8-14(17)18-11)15(20)19-12-4-5-13(16)9(2)6-12/h4-8H,3H2,1-2H3,(H2,17,18)(H,19,20). The molecule has 0 fully saturated rings. The van der Waals surface area contributed by atoms with E-state index in [1.807, 2.05) is 32.0 Å². The van der Waals surface area contributed by atoms with E-state index in [-0.39, 0.29) is 5.91 Å². The topological polar surface area (TPSA) is 68.0 Å². The maximum atomic E-state index is 12.2. The number of benzene rings is 1. The number of hydrogen-bond donors (Lipinski definition) is 2. The number of carbonyl (C=O) groups excluding carboxylic acids is 1. The van der Waals surface area contributed by atoms with E-state index in [4.69, 9.17) is 5.73 Å². The summed E-state index contributed by atoms with van der Waals surface area (Å²) in [5.74, 6) is 0.178. The van der Waals surface area contributed by atoms with Crippen molar-refractivity contribution in [2.24, 2.45) is 0 Å². The summed E-state index contributed by atoms with van der Waals surface area (Å²) in [5.41, 5.74) is 8.86. The number of nitrogens with two attached hydrogens (primary N) is 1.